The van der Waals surface area contributed by atoms with Crippen molar-refractivity contribution in [3.8, 4) is 33.8 Å². The Morgan fingerprint density at radius 1 is 0.500 bits per heavy atom. The number of hydrogen-bond donors (Lipinski definition) is 0. The molecule has 4 heteroatoms. The van der Waals surface area contributed by atoms with Gasteiger partial charge in [-0.25, -0.2) is 0 Å². The molecule has 0 aliphatic heterocycles. The number of methoxy groups -OCH3 is 2. The largest absolute Gasteiger partial charge is 0.496 e. The lowest BCUT2D eigenvalue weighted by molar-refractivity contribution is 0.416. The van der Waals surface area contributed by atoms with Gasteiger partial charge in [0, 0.05) is 11.1 Å². The predicted octanol–water partition coefficient (Wildman–Crippen LogP) is 6.35. The van der Waals surface area contributed by atoms with Crippen molar-refractivity contribution >= 4 is 27.8 Å². The first-order chi connectivity index (χ1) is 15.8. The summed E-state index contributed by atoms with van der Waals surface area (Å²) >= 11 is 0. The second-order valence-corrected chi connectivity index (χ2v) is 10.3. The van der Waals surface area contributed by atoms with Gasteiger partial charge >= 0.3 is 0 Å². The van der Waals surface area contributed by atoms with Crippen molar-refractivity contribution in [2.24, 2.45) is 0 Å². The lowest BCUT2D eigenvalue weighted by atomic mass is 10.1. The molecular formula is C28H28O2P2. The molecule has 4 aromatic rings. The van der Waals surface area contributed by atoms with Gasteiger partial charge in [0.2, 0.25) is 0 Å². The first-order valence-corrected chi connectivity index (χ1v) is 13.1. The van der Waals surface area contributed by atoms with Gasteiger partial charge in [-0.15, -0.1) is 0 Å². The van der Waals surface area contributed by atoms with Gasteiger partial charge in [-0.05, 0) is 46.2 Å². The zero-order valence-electron chi connectivity index (χ0n) is 18.5. The smallest absolute Gasteiger partial charge is 0.126 e. The number of para-hydroxylation sites is 2. The molecule has 2 nitrogen and oxygen atoms in total. The van der Waals surface area contributed by atoms with E-state index in [2.05, 4.69) is 72.8 Å². The molecule has 0 fully saturated rings. The van der Waals surface area contributed by atoms with Crippen molar-refractivity contribution in [2.75, 3.05) is 26.5 Å². The molecule has 0 saturated carbocycles. The molecule has 0 heterocycles. The quantitative estimate of drug-likeness (QED) is 0.215. The standard InChI is InChI=1S/C28H28O2P2/c1-29-27-9-5-3-7-25(27)21-11-15-23(16-12-21)31-19-20-32-24-17-13-22(14-18-24)26-8-4-6-10-28(26)30-2/h3-18,31-32H,19-20H2,1-2H3. The molecule has 0 saturated heterocycles. The minimum absolute atomic E-state index is 0.840. The van der Waals surface area contributed by atoms with Gasteiger partial charge in [-0.3, -0.25) is 0 Å². The highest BCUT2D eigenvalue weighted by atomic mass is 31.1. The SMILES string of the molecule is COc1ccccc1-c1ccc(PCCPc2ccc(-c3ccccc3OC)cc2)cc1. The van der Waals surface area contributed by atoms with Crippen LogP contribution in [0.25, 0.3) is 22.3 Å². The highest BCUT2D eigenvalue weighted by Gasteiger charge is 2.06. The Morgan fingerprint density at radius 2 is 0.875 bits per heavy atom. The summed E-state index contributed by atoms with van der Waals surface area (Å²) in [6.07, 6.45) is 2.45. The van der Waals surface area contributed by atoms with Crippen LogP contribution in [0.2, 0.25) is 0 Å². The summed E-state index contributed by atoms with van der Waals surface area (Å²) in [6, 6.07) is 34.2. The van der Waals surface area contributed by atoms with E-state index in [0.717, 1.165) is 39.8 Å². The van der Waals surface area contributed by atoms with E-state index >= 15 is 0 Å². The average Bonchev–Trinajstić information content (AvgIpc) is 2.87. The minimum atomic E-state index is 0.840. The van der Waals surface area contributed by atoms with Crippen molar-refractivity contribution < 1.29 is 9.47 Å². The summed E-state index contributed by atoms with van der Waals surface area (Å²) in [5.41, 5.74) is 4.69. The Hall–Kier alpha value is -2.66. The van der Waals surface area contributed by atoms with E-state index in [4.69, 9.17) is 9.47 Å². The fourth-order valence-corrected chi connectivity index (χ4v) is 6.10. The molecule has 0 bridgehead atoms. The van der Waals surface area contributed by atoms with E-state index in [1.165, 1.54) is 34.1 Å². The normalized spacial score (nSPS) is 11.4. The van der Waals surface area contributed by atoms with E-state index in [0.29, 0.717) is 0 Å². The van der Waals surface area contributed by atoms with Crippen LogP contribution in [-0.4, -0.2) is 26.5 Å². The van der Waals surface area contributed by atoms with Gasteiger partial charge in [0.25, 0.3) is 0 Å². The zero-order valence-corrected chi connectivity index (χ0v) is 20.5. The third kappa shape index (κ3) is 5.57. The second-order valence-electron chi connectivity index (χ2n) is 7.41. The van der Waals surface area contributed by atoms with Crippen molar-refractivity contribution in [1.29, 1.82) is 0 Å². The Labute approximate surface area is 194 Å². The lowest BCUT2D eigenvalue weighted by Gasteiger charge is -2.10. The van der Waals surface area contributed by atoms with E-state index < -0.39 is 0 Å². The molecule has 4 rings (SSSR count). The molecule has 2 unspecified atom stereocenters. The van der Waals surface area contributed by atoms with Crippen LogP contribution in [0.3, 0.4) is 0 Å². The molecule has 0 aliphatic carbocycles. The lowest BCUT2D eigenvalue weighted by Crippen LogP contribution is -1.99. The summed E-state index contributed by atoms with van der Waals surface area (Å²) in [4.78, 5) is 0. The maximum atomic E-state index is 5.49. The Balaban J connectivity index is 1.29. The third-order valence-corrected chi connectivity index (χ3v) is 8.37. The van der Waals surface area contributed by atoms with Crippen LogP contribution in [0.5, 0.6) is 11.5 Å². The first-order valence-electron chi connectivity index (χ1n) is 10.7. The Bertz CT molecular complexity index is 1050. The van der Waals surface area contributed by atoms with Crippen molar-refractivity contribution in [1.82, 2.24) is 0 Å². The summed E-state index contributed by atoms with van der Waals surface area (Å²) in [6.45, 7) is 0. The monoisotopic (exact) mass is 458 g/mol. The van der Waals surface area contributed by atoms with Gasteiger partial charge < -0.3 is 9.47 Å². The maximum absolute atomic E-state index is 5.49. The minimum Gasteiger partial charge on any atom is -0.496 e. The molecule has 0 radical (unpaired) electrons. The van der Waals surface area contributed by atoms with Crippen LogP contribution in [0.1, 0.15) is 0 Å². The molecule has 0 spiro atoms. The summed E-state index contributed by atoms with van der Waals surface area (Å²) < 4.78 is 11.0. The van der Waals surface area contributed by atoms with Gasteiger partial charge in [0.05, 0.1) is 14.2 Å². The van der Waals surface area contributed by atoms with Crippen LogP contribution in [0.15, 0.2) is 97.1 Å². The summed E-state index contributed by atoms with van der Waals surface area (Å²) in [5, 5.41) is 2.83. The van der Waals surface area contributed by atoms with Crippen molar-refractivity contribution in [2.45, 2.75) is 0 Å². The fourth-order valence-electron chi connectivity index (χ4n) is 3.72. The maximum Gasteiger partial charge on any atom is 0.126 e. The third-order valence-electron chi connectivity index (χ3n) is 5.39. The fraction of sp³-hybridized carbons (Fsp3) is 0.143. The molecule has 0 N–H and O–H groups in total. The zero-order chi connectivity index (χ0) is 22.2. The molecule has 0 amide bonds. The molecular weight excluding hydrogens is 430 g/mol. The molecule has 2 atom stereocenters. The van der Waals surface area contributed by atoms with E-state index in [1.54, 1.807) is 14.2 Å². The van der Waals surface area contributed by atoms with Gasteiger partial charge in [-0.1, -0.05) is 102 Å². The summed E-state index contributed by atoms with van der Waals surface area (Å²) in [5.74, 6) is 1.83. The van der Waals surface area contributed by atoms with Gasteiger partial charge in [-0.2, -0.15) is 0 Å². The van der Waals surface area contributed by atoms with Crippen molar-refractivity contribution in [3.63, 3.8) is 0 Å². The van der Waals surface area contributed by atoms with Crippen LogP contribution < -0.4 is 20.1 Å². The van der Waals surface area contributed by atoms with E-state index in [9.17, 15) is 0 Å². The average molecular weight is 458 g/mol. The molecule has 0 aromatic heterocycles. The topological polar surface area (TPSA) is 18.5 Å². The Morgan fingerprint density at radius 3 is 1.25 bits per heavy atom. The predicted molar refractivity (Wildman–Crippen MR) is 142 cm³/mol. The number of hydrogen-bond acceptors (Lipinski definition) is 2. The van der Waals surface area contributed by atoms with Crippen LogP contribution in [-0.2, 0) is 0 Å². The van der Waals surface area contributed by atoms with Gasteiger partial charge in [0.1, 0.15) is 11.5 Å². The van der Waals surface area contributed by atoms with Crippen LogP contribution >= 0.6 is 17.2 Å². The van der Waals surface area contributed by atoms with Crippen molar-refractivity contribution in [3.05, 3.63) is 97.1 Å². The van der Waals surface area contributed by atoms with E-state index in [-0.39, 0.29) is 0 Å². The molecule has 32 heavy (non-hydrogen) atoms. The number of ether oxygens (including phenoxy) is 2. The second kappa shape index (κ2) is 11.3. The van der Waals surface area contributed by atoms with Crippen LogP contribution in [0, 0.1) is 0 Å². The number of rotatable bonds is 9. The van der Waals surface area contributed by atoms with Gasteiger partial charge in [0.15, 0.2) is 0 Å². The first kappa shape index (κ1) is 22.5. The molecule has 0 aliphatic rings. The summed E-state index contributed by atoms with van der Waals surface area (Å²) in [7, 11) is 5.13. The highest BCUT2D eigenvalue weighted by molar-refractivity contribution is 7.51. The molecule has 4 aromatic carbocycles. The van der Waals surface area contributed by atoms with Crippen LogP contribution in [0.4, 0.5) is 0 Å². The highest BCUT2D eigenvalue weighted by Crippen LogP contribution is 2.31. The molecule has 162 valence electrons. The van der Waals surface area contributed by atoms with E-state index in [1.807, 2.05) is 24.3 Å². The number of benzene rings is 4. The Kier molecular flexibility index (Phi) is 7.94.